The van der Waals surface area contributed by atoms with Gasteiger partial charge in [-0.3, -0.25) is 5.01 Å². The van der Waals surface area contributed by atoms with E-state index >= 15 is 0 Å². The lowest BCUT2D eigenvalue weighted by atomic mass is 10.1. The summed E-state index contributed by atoms with van der Waals surface area (Å²) < 4.78 is 1.52. The first-order valence-electron chi connectivity index (χ1n) is 7.38. The number of pyridine rings is 1. The van der Waals surface area contributed by atoms with E-state index in [1.165, 1.54) is 10.7 Å². The van der Waals surface area contributed by atoms with Gasteiger partial charge in [-0.05, 0) is 6.07 Å². The van der Waals surface area contributed by atoms with Gasteiger partial charge in [0.1, 0.15) is 22.9 Å². The van der Waals surface area contributed by atoms with Crippen LogP contribution in [-0.2, 0) is 0 Å². The van der Waals surface area contributed by atoms with Crippen LogP contribution in [0.5, 0.6) is 5.75 Å². The molecule has 2 N–H and O–H groups in total. The molecule has 4 heterocycles. The lowest BCUT2D eigenvalue weighted by molar-refractivity contribution is 0.460. The number of rotatable bonds is 2. The van der Waals surface area contributed by atoms with Crippen molar-refractivity contribution in [3.8, 4) is 22.9 Å². The Morgan fingerprint density at radius 1 is 1.13 bits per heavy atom. The molecular formula is C15H15N7O. The summed E-state index contributed by atoms with van der Waals surface area (Å²) in [5.41, 5.74) is 2.45. The fraction of sp³-hybridized carbons (Fsp3) is 0.267. The molecule has 1 saturated heterocycles. The summed E-state index contributed by atoms with van der Waals surface area (Å²) in [6, 6.07) is 3.66. The third kappa shape index (κ3) is 2.27. The van der Waals surface area contributed by atoms with Crippen LogP contribution in [0.3, 0.4) is 0 Å². The summed E-state index contributed by atoms with van der Waals surface area (Å²) >= 11 is 0. The van der Waals surface area contributed by atoms with Gasteiger partial charge < -0.3 is 10.4 Å². The van der Waals surface area contributed by atoms with Gasteiger partial charge in [0.05, 0.1) is 18.6 Å². The average Bonchev–Trinajstić information content (AvgIpc) is 3.22. The van der Waals surface area contributed by atoms with E-state index in [1.807, 2.05) is 17.1 Å². The van der Waals surface area contributed by atoms with Gasteiger partial charge in [0.25, 0.3) is 0 Å². The first kappa shape index (κ1) is 13.6. The number of fused-ring (bicyclic) bond motifs is 1. The fourth-order valence-electron chi connectivity index (χ4n) is 2.81. The van der Waals surface area contributed by atoms with Crippen molar-refractivity contribution in [2.75, 3.05) is 31.2 Å². The summed E-state index contributed by atoms with van der Waals surface area (Å²) in [6.45, 7) is 3.67. The zero-order valence-electron chi connectivity index (χ0n) is 12.3. The normalized spacial score (nSPS) is 15.0. The quantitative estimate of drug-likeness (QED) is 0.708. The first-order valence-corrected chi connectivity index (χ1v) is 7.38. The smallest absolute Gasteiger partial charge is 0.143 e. The van der Waals surface area contributed by atoms with Gasteiger partial charge in [-0.1, -0.05) is 0 Å². The molecule has 1 aliphatic heterocycles. The van der Waals surface area contributed by atoms with Crippen LogP contribution in [-0.4, -0.2) is 50.8 Å². The van der Waals surface area contributed by atoms with Crippen LogP contribution in [0, 0.1) is 11.3 Å². The molecule has 8 heteroatoms. The van der Waals surface area contributed by atoms with E-state index < -0.39 is 0 Å². The van der Waals surface area contributed by atoms with Gasteiger partial charge in [-0.25, -0.2) is 4.52 Å². The van der Waals surface area contributed by atoms with Crippen LogP contribution in [0.15, 0.2) is 30.9 Å². The number of aromatic hydroxyl groups is 1. The minimum atomic E-state index is 0.0338. The van der Waals surface area contributed by atoms with Crippen molar-refractivity contribution >= 4 is 5.52 Å². The van der Waals surface area contributed by atoms with Gasteiger partial charge >= 0.3 is 0 Å². The second-order valence-corrected chi connectivity index (χ2v) is 5.43. The van der Waals surface area contributed by atoms with Crippen molar-refractivity contribution in [3.63, 3.8) is 0 Å². The van der Waals surface area contributed by atoms with Gasteiger partial charge in [0, 0.05) is 43.5 Å². The van der Waals surface area contributed by atoms with Crippen LogP contribution in [0.1, 0.15) is 5.56 Å². The molecule has 0 unspecified atom stereocenters. The predicted octanol–water partition coefficient (Wildman–Crippen LogP) is 0.316. The standard InChI is InChI=1S/C15H15N7O/c16-6-12-7-18-21-9-11(5-14(23)15(12)21)13-8-19-22(10-13)20-3-1-17-2-4-20/h5,7-10,17,23H,1-4H2. The number of hydrogen-bond donors (Lipinski definition) is 2. The summed E-state index contributed by atoms with van der Waals surface area (Å²) in [6.07, 6.45) is 6.93. The second-order valence-electron chi connectivity index (χ2n) is 5.43. The second kappa shape index (κ2) is 5.30. The third-order valence-corrected chi connectivity index (χ3v) is 4.00. The van der Waals surface area contributed by atoms with E-state index in [1.54, 1.807) is 18.5 Å². The van der Waals surface area contributed by atoms with E-state index in [0.717, 1.165) is 37.3 Å². The molecule has 4 rings (SSSR count). The predicted molar refractivity (Wildman–Crippen MR) is 83.6 cm³/mol. The van der Waals surface area contributed by atoms with E-state index in [0.29, 0.717) is 11.1 Å². The molecule has 0 radical (unpaired) electrons. The summed E-state index contributed by atoms with van der Waals surface area (Å²) in [4.78, 5) is 1.83. The van der Waals surface area contributed by atoms with Gasteiger partial charge in [-0.2, -0.15) is 20.3 Å². The van der Waals surface area contributed by atoms with Gasteiger partial charge in [0.15, 0.2) is 0 Å². The van der Waals surface area contributed by atoms with Crippen molar-refractivity contribution in [2.45, 2.75) is 0 Å². The average molecular weight is 309 g/mol. The van der Waals surface area contributed by atoms with E-state index in [9.17, 15) is 5.11 Å². The molecule has 8 nitrogen and oxygen atoms in total. The topological polar surface area (TPSA) is 94.4 Å². The molecule has 0 saturated carbocycles. The van der Waals surface area contributed by atoms with Gasteiger partial charge in [-0.15, -0.1) is 0 Å². The van der Waals surface area contributed by atoms with E-state index in [4.69, 9.17) is 5.26 Å². The maximum absolute atomic E-state index is 10.2. The van der Waals surface area contributed by atoms with Crippen molar-refractivity contribution in [2.24, 2.45) is 0 Å². The zero-order chi connectivity index (χ0) is 15.8. The fourth-order valence-corrected chi connectivity index (χ4v) is 2.81. The molecule has 1 aliphatic rings. The highest BCUT2D eigenvalue weighted by molar-refractivity contribution is 5.74. The van der Waals surface area contributed by atoms with Crippen LogP contribution in [0.4, 0.5) is 0 Å². The summed E-state index contributed by atoms with van der Waals surface area (Å²) in [7, 11) is 0. The Bertz CT molecular complexity index is 898. The Hall–Kier alpha value is -3.05. The van der Waals surface area contributed by atoms with Crippen LogP contribution < -0.4 is 10.3 Å². The lowest BCUT2D eigenvalue weighted by Crippen LogP contribution is -2.49. The monoisotopic (exact) mass is 309 g/mol. The molecule has 0 spiro atoms. The Morgan fingerprint density at radius 2 is 1.96 bits per heavy atom. The SMILES string of the molecule is N#Cc1cnn2cc(-c3cnn(N4CCNCC4)c3)cc(O)c12. The van der Waals surface area contributed by atoms with Crippen molar-refractivity contribution < 1.29 is 5.11 Å². The number of nitrogens with zero attached hydrogens (tertiary/aromatic N) is 6. The number of piperazine rings is 1. The maximum atomic E-state index is 10.2. The Balaban J connectivity index is 1.72. The van der Waals surface area contributed by atoms with Crippen molar-refractivity contribution in [1.82, 2.24) is 24.8 Å². The minimum Gasteiger partial charge on any atom is -0.506 e. The van der Waals surface area contributed by atoms with E-state index in [-0.39, 0.29) is 5.75 Å². The molecule has 3 aromatic rings. The number of aromatic nitrogens is 4. The highest BCUT2D eigenvalue weighted by Gasteiger charge is 2.14. The van der Waals surface area contributed by atoms with Crippen LogP contribution in [0.2, 0.25) is 0 Å². The Morgan fingerprint density at radius 3 is 2.74 bits per heavy atom. The number of nitriles is 1. The molecule has 0 aliphatic carbocycles. The molecule has 1 fully saturated rings. The maximum Gasteiger partial charge on any atom is 0.143 e. The Kier molecular flexibility index (Phi) is 3.13. The molecule has 0 amide bonds. The van der Waals surface area contributed by atoms with Crippen LogP contribution >= 0.6 is 0 Å². The third-order valence-electron chi connectivity index (χ3n) is 4.00. The van der Waals surface area contributed by atoms with Crippen molar-refractivity contribution in [1.29, 1.82) is 5.26 Å². The summed E-state index contributed by atoms with van der Waals surface area (Å²) in [5.74, 6) is 0.0338. The zero-order valence-corrected chi connectivity index (χ0v) is 12.3. The summed E-state index contributed by atoms with van der Waals surface area (Å²) in [5, 5.41) is 33.2. The number of nitrogens with one attached hydrogen (secondary N) is 1. The minimum absolute atomic E-state index is 0.0338. The first-order chi connectivity index (χ1) is 11.3. The lowest BCUT2D eigenvalue weighted by Gasteiger charge is -2.28. The van der Waals surface area contributed by atoms with Crippen LogP contribution in [0.25, 0.3) is 16.6 Å². The molecule has 0 bridgehead atoms. The number of hydrogen-bond acceptors (Lipinski definition) is 6. The molecule has 0 atom stereocenters. The molecule has 23 heavy (non-hydrogen) atoms. The van der Waals surface area contributed by atoms with Crippen molar-refractivity contribution in [3.05, 3.63) is 36.4 Å². The molecular weight excluding hydrogens is 294 g/mol. The van der Waals surface area contributed by atoms with E-state index in [2.05, 4.69) is 20.5 Å². The molecule has 0 aromatic carbocycles. The molecule has 116 valence electrons. The Labute approximate surface area is 132 Å². The highest BCUT2D eigenvalue weighted by Crippen LogP contribution is 2.28. The van der Waals surface area contributed by atoms with Gasteiger partial charge in [0.2, 0.25) is 0 Å². The largest absolute Gasteiger partial charge is 0.506 e. The molecule has 3 aromatic heterocycles. The highest BCUT2D eigenvalue weighted by atomic mass is 16.3.